The van der Waals surface area contributed by atoms with Crippen molar-refractivity contribution in [2.45, 2.75) is 12.6 Å². The van der Waals surface area contributed by atoms with Gasteiger partial charge in [-0.15, -0.1) is 0 Å². The maximum absolute atomic E-state index is 9.57. The Balaban J connectivity index is 1.83. The highest BCUT2D eigenvalue weighted by Crippen LogP contribution is 2.35. The number of benzene rings is 2. The molecule has 1 fully saturated rings. The van der Waals surface area contributed by atoms with Crippen LogP contribution >= 0.6 is 0 Å². The molecular weight excluding hydrogens is 250 g/mol. The zero-order valence-electron chi connectivity index (χ0n) is 11.4. The van der Waals surface area contributed by atoms with E-state index < -0.39 is 0 Å². The van der Waals surface area contributed by atoms with Gasteiger partial charge >= 0.3 is 0 Å². The minimum Gasteiger partial charge on any atom is -0.396 e. The molecule has 0 saturated carbocycles. The Morgan fingerprint density at radius 1 is 1.00 bits per heavy atom. The maximum atomic E-state index is 9.57. The Kier molecular flexibility index (Phi) is 4.11. The van der Waals surface area contributed by atoms with Gasteiger partial charge in [0.15, 0.2) is 0 Å². The van der Waals surface area contributed by atoms with Gasteiger partial charge in [0.1, 0.15) is 0 Å². The van der Waals surface area contributed by atoms with Crippen LogP contribution in [-0.4, -0.2) is 23.4 Å². The minimum atomic E-state index is 0.112. The molecule has 0 unspecified atom stereocenters. The first-order valence-electron chi connectivity index (χ1n) is 6.98. The Bertz CT molecular complexity index is 529. The number of hydrogen-bond donors (Lipinski definition) is 1. The summed E-state index contributed by atoms with van der Waals surface area (Å²) < 4.78 is 0. The highest BCUT2D eigenvalue weighted by molar-refractivity contribution is 5.21. The third-order valence-electron chi connectivity index (χ3n) is 3.77. The van der Waals surface area contributed by atoms with Crippen LogP contribution in [0.3, 0.4) is 0 Å². The van der Waals surface area contributed by atoms with Crippen molar-refractivity contribution in [2.75, 3.05) is 13.2 Å². The molecule has 2 aromatic rings. The van der Waals surface area contributed by atoms with Gasteiger partial charge < -0.3 is 5.11 Å². The molecule has 3 heteroatoms. The first-order chi connectivity index (χ1) is 9.88. The zero-order chi connectivity index (χ0) is 13.8. The van der Waals surface area contributed by atoms with E-state index in [9.17, 15) is 5.11 Å². The molecular formula is C17H19NO2. The van der Waals surface area contributed by atoms with Crippen LogP contribution in [0.5, 0.6) is 0 Å². The van der Waals surface area contributed by atoms with Gasteiger partial charge in [0, 0.05) is 12.5 Å². The quantitative estimate of drug-likeness (QED) is 0.926. The third-order valence-corrected chi connectivity index (χ3v) is 3.77. The molecule has 0 amide bonds. The molecule has 0 bridgehead atoms. The molecule has 3 rings (SSSR count). The van der Waals surface area contributed by atoms with Crippen LogP contribution in [0.4, 0.5) is 0 Å². The second kappa shape index (κ2) is 6.18. The summed E-state index contributed by atoms with van der Waals surface area (Å²) in [6, 6.07) is 20.6. The first kappa shape index (κ1) is 13.3. The van der Waals surface area contributed by atoms with Gasteiger partial charge in [-0.05, 0) is 11.1 Å². The van der Waals surface area contributed by atoms with E-state index in [4.69, 9.17) is 4.84 Å². The number of aliphatic hydroxyl groups is 1. The summed E-state index contributed by atoms with van der Waals surface area (Å²) >= 11 is 0. The van der Waals surface area contributed by atoms with E-state index >= 15 is 0 Å². The molecule has 2 atom stereocenters. The molecule has 0 spiro atoms. The fraction of sp³-hybridized carbons (Fsp3) is 0.294. The molecule has 3 nitrogen and oxygen atoms in total. The fourth-order valence-electron chi connectivity index (χ4n) is 2.75. The summed E-state index contributed by atoms with van der Waals surface area (Å²) in [7, 11) is 0. The molecule has 1 heterocycles. The normalized spacial score (nSPS) is 23.1. The second-order valence-corrected chi connectivity index (χ2v) is 5.15. The lowest BCUT2D eigenvalue weighted by Gasteiger charge is -2.25. The third kappa shape index (κ3) is 2.75. The molecule has 104 valence electrons. The van der Waals surface area contributed by atoms with Gasteiger partial charge in [-0.2, -0.15) is 5.06 Å². The van der Waals surface area contributed by atoms with E-state index in [1.165, 1.54) is 11.1 Å². The topological polar surface area (TPSA) is 32.7 Å². The van der Waals surface area contributed by atoms with Gasteiger partial charge in [0.2, 0.25) is 0 Å². The van der Waals surface area contributed by atoms with Crippen molar-refractivity contribution in [1.82, 2.24) is 5.06 Å². The second-order valence-electron chi connectivity index (χ2n) is 5.15. The largest absolute Gasteiger partial charge is 0.396 e. The number of hydroxylamine groups is 2. The standard InChI is InChI=1S/C17H19NO2/c19-12-16-13-20-18(11-14-7-3-1-4-8-14)17(16)15-9-5-2-6-10-15/h1-10,16-17,19H,11-13H2/t16-,17+/m1/s1. The molecule has 0 aromatic heterocycles. The van der Waals surface area contributed by atoms with Crippen LogP contribution in [0.2, 0.25) is 0 Å². The van der Waals surface area contributed by atoms with Crippen LogP contribution in [0.15, 0.2) is 60.7 Å². The molecule has 1 N–H and O–H groups in total. The minimum absolute atomic E-state index is 0.112. The lowest BCUT2D eigenvalue weighted by molar-refractivity contribution is -0.141. The van der Waals surface area contributed by atoms with Crippen molar-refractivity contribution in [3.05, 3.63) is 71.8 Å². The predicted octanol–water partition coefficient (Wildman–Crippen LogP) is 2.78. The molecule has 1 aliphatic heterocycles. The van der Waals surface area contributed by atoms with Crippen LogP contribution in [0.25, 0.3) is 0 Å². The highest BCUT2D eigenvalue weighted by Gasteiger charge is 2.36. The average molecular weight is 269 g/mol. The molecule has 2 aromatic carbocycles. The van der Waals surface area contributed by atoms with Crippen molar-refractivity contribution >= 4 is 0 Å². The summed E-state index contributed by atoms with van der Waals surface area (Å²) in [4.78, 5) is 5.80. The molecule has 20 heavy (non-hydrogen) atoms. The van der Waals surface area contributed by atoms with E-state index in [1.807, 2.05) is 41.5 Å². The summed E-state index contributed by atoms with van der Waals surface area (Å²) in [5.74, 6) is 0.126. The van der Waals surface area contributed by atoms with Crippen LogP contribution < -0.4 is 0 Å². The average Bonchev–Trinajstić information content (AvgIpc) is 2.92. The van der Waals surface area contributed by atoms with E-state index in [0.29, 0.717) is 6.61 Å². The van der Waals surface area contributed by atoms with E-state index in [2.05, 4.69) is 24.3 Å². The molecule has 1 aliphatic rings. The summed E-state index contributed by atoms with van der Waals surface area (Å²) in [6.45, 7) is 1.45. The van der Waals surface area contributed by atoms with Gasteiger partial charge in [-0.25, -0.2) is 0 Å². The maximum Gasteiger partial charge on any atom is 0.0754 e. The lowest BCUT2D eigenvalue weighted by atomic mass is 9.95. The number of aliphatic hydroxyl groups excluding tert-OH is 1. The van der Waals surface area contributed by atoms with Crippen LogP contribution in [0, 0.1) is 5.92 Å². The Hall–Kier alpha value is -1.68. The molecule has 1 saturated heterocycles. The number of hydrogen-bond acceptors (Lipinski definition) is 3. The zero-order valence-corrected chi connectivity index (χ0v) is 11.4. The fourth-order valence-corrected chi connectivity index (χ4v) is 2.75. The Morgan fingerprint density at radius 2 is 1.65 bits per heavy atom. The van der Waals surface area contributed by atoms with Gasteiger partial charge in [0.25, 0.3) is 0 Å². The van der Waals surface area contributed by atoms with Crippen molar-refractivity contribution in [3.8, 4) is 0 Å². The first-order valence-corrected chi connectivity index (χ1v) is 6.98. The predicted molar refractivity (Wildman–Crippen MR) is 77.7 cm³/mol. The van der Waals surface area contributed by atoms with Gasteiger partial charge in [0.05, 0.1) is 19.3 Å². The molecule has 0 radical (unpaired) electrons. The monoisotopic (exact) mass is 269 g/mol. The summed E-state index contributed by atoms with van der Waals surface area (Å²) in [6.07, 6.45) is 0. The van der Waals surface area contributed by atoms with Gasteiger partial charge in [-0.3, -0.25) is 4.84 Å². The van der Waals surface area contributed by atoms with Crippen molar-refractivity contribution in [1.29, 1.82) is 0 Å². The van der Waals surface area contributed by atoms with Gasteiger partial charge in [-0.1, -0.05) is 60.7 Å². The van der Waals surface area contributed by atoms with Crippen molar-refractivity contribution < 1.29 is 9.94 Å². The van der Waals surface area contributed by atoms with Crippen LogP contribution in [-0.2, 0) is 11.4 Å². The number of rotatable bonds is 4. The van der Waals surface area contributed by atoms with Crippen LogP contribution in [0.1, 0.15) is 17.2 Å². The SMILES string of the molecule is OC[C@@H]1CON(Cc2ccccc2)[C@H]1c1ccccc1. The summed E-state index contributed by atoms with van der Waals surface area (Å²) in [5, 5.41) is 11.6. The van der Waals surface area contributed by atoms with Crippen molar-refractivity contribution in [2.24, 2.45) is 5.92 Å². The van der Waals surface area contributed by atoms with E-state index in [0.717, 1.165) is 6.54 Å². The lowest BCUT2D eigenvalue weighted by Crippen LogP contribution is -2.25. The Labute approximate surface area is 119 Å². The smallest absolute Gasteiger partial charge is 0.0754 e. The van der Waals surface area contributed by atoms with Crippen molar-refractivity contribution in [3.63, 3.8) is 0 Å². The number of nitrogens with zero attached hydrogens (tertiary/aromatic N) is 1. The highest BCUT2D eigenvalue weighted by atomic mass is 16.7. The Morgan fingerprint density at radius 3 is 2.30 bits per heavy atom. The molecule has 0 aliphatic carbocycles. The van der Waals surface area contributed by atoms with E-state index in [-0.39, 0.29) is 18.6 Å². The van der Waals surface area contributed by atoms with E-state index in [1.54, 1.807) is 0 Å². The summed E-state index contributed by atoms with van der Waals surface area (Å²) in [5.41, 5.74) is 2.41.